The van der Waals surface area contributed by atoms with Crippen molar-refractivity contribution in [2.24, 2.45) is 5.92 Å². The minimum atomic E-state index is -0.341. The van der Waals surface area contributed by atoms with Gasteiger partial charge in [0.15, 0.2) is 0 Å². The van der Waals surface area contributed by atoms with Gasteiger partial charge in [-0.1, -0.05) is 12.1 Å². The average molecular weight is 339 g/mol. The summed E-state index contributed by atoms with van der Waals surface area (Å²) < 4.78 is 10.4. The molecule has 3 rings (SSSR count). The Hall–Kier alpha value is -2.82. The van der Waals surface area contributed by atoms with Gasteiger partial charge in [-0.25, -0.2) is 4.79 Å². The third kappa shape index (κ3) is 3.99. The maximum Gasteiger partial charge on any atom is 0.338 e. The summed E-state index contributed by atoms with van der Waals surface area (Å²) in [6.45, 7) is 2.12. The minimum absolute atomic E-state index is 0.0637. The van der Waals surface area contributed by atoms with E-state index in [9.17, 15) is 9.59 Å². The summed E-state index contributed by atoms with van der Waals surface area (Å²) in [6, 6.07) is 12.7. The van der Waals surface area contributed by atoms with E-state index in [0.29, 0.717) is 17.9 Å². The highest BCUT2D eigenvalue weighted by Crippen LogP contribution is 2.34. The molecule has 0 unspecified atom stereocenters. The lowest BCUT2D eigenvalue weighted by atomic mass is 10.0. The molecule has 1 amide bonds. The van der Waals surface area contributed by atoms with E-state index >= 15 is 0 Å². The number of methoxy groups -OCH3 is 1. The van der Waals surface area contributed by atoms with E-state index in [4.69, 9.17) is 9.47 Å². The SMILES string of the molecule is CCOC(=O)c1ccc(-c2cc(NC(=O)C3CC3)ccc2OC)cc1. The van der Waals surface area contributed by atoms with Gasteiger partial charge in [-0.3, -0.25) is 4.79 Å². The summed E-state index contributed by atoms with van der Waals surface area (Å²) in [7, 11) is 1.61. The van der Waals surface area contributed by atoms with Crippen molar-refractivity contribution < 1.29 is 19.1 Å². The van der Waals surface area contributed by atoms with Crippen molar-refractivity contribution in [2.45, 2.75) is 19.8 Å². The highest BCUT2D eigenvalue weighted by atomic mass is 16.5. The van der Waals surface area contributed by atoms with Crippen LogP contribution in [0, 0.1) is 5.92 Å². The Morgan fingerprint density at radius 2 is 1.84 bits per heavy atom. The Morgan fingerprint density at radius 3 is 2.44 bits per heavy atom. The largest absolute Gasteiger partial charge is 0.496 e. The first-order chi connectivity index (χ1) is 12.1. The van der Waals surface area contributed by atoms with Crippen LogP contribution in [-0.4, -0.2) is 25.6 Å². The Labute approximate surface area is 147 Å². The van der Waals surface area contributed by atoms with Gasteiger partial charge in [0.25, 0.3) is 0 Å². The van der Waals surface area contributed by atoms with E-state index in [2.05, 4.69) is 5.32 Å². The van der Waals surface area contributed by atoms with E-state index in [-0.39, 0.29) is 17.8 Å². The molecule has 25 heavy (non-hydrogen) atoms. The molecule has 2 aromatic carbocycles. The maximum atomic E-state index is 12.0. The first kappa shape index (κ1) is 17.0. The molecular formula is C20H21NO4. The number of carbonyl (C=O) groups is 2. The Morgan fingerprint density at radius 1 is 1.12 bits per heavy atom. The zero-order chi connectivity index (χ0) is 17.8. The average Bonchev–Trinajstić information content (AvgIpc) is 3.47. The molecule has 0 aliphatic heterocycles. The molecule has 0 atom stereocenters. The van der Waals surface area contributed by atoms with Crippen molar-refractivity contribution >= 4 is 17.6 Å². The molecule has 0 spiro atoms. The highest BCUT2D eigenvalue weighted by Gasteiger charge is 2.29. The number of nitrogens with one attached hydrogen (secondary N) is 1. The normalized spacial score (nSPS) is 13.2. The zero-order valence-corrected chi connectivity index (χ0v) is 14.4. The smallest absolute Gasteiger partial charge is 0.338 e. The van der Waals surface area contributed by atoms with Crippen LogP contribution in [0.4, 0.5) is 5.69 Å². The number of anilines is 1. The van der Waals surface area contributed by atoms with E-state index in [0.717, 1.165) is 29.7 Å². The van der Waals surface area contributed by atoms with Gasteiger partial charge in [0.1, 0.15) is 5.75 Å². The molecule has 0 bridgehead atoms. The van der Waals surface area contributed by atoms with Crippen molar-refractivity contribution in [3.8, 4) is 16.9 Å². The van der Waals surface area contributed by atoms with E-state index in [1.807, 2.05) is 30.3 Å². The predicted octanol–water partition coefficient (Wildman–Crippen LogP) is 3.89. The first-order valence-corrected chi connectivity index (χ1v) is 8.39. The third-order valence-corrected chi connectivity index (χ3v) is 4.12. The fourth-order valence-corrected chi connectivity index (χ4v) is 2.60. The van der Waals surface area contributed by atoms with Crippen LogP contribution in [0.1, 0.15) is 30.1 Å². The second-order valence-corrected chi connectivity index (χ2v) is 5.98. The molecule has 0 radical (unpaired) electrons. The van der Waals surface area contributed by atoms with Gasteiger partial charge in [0.2, 0.25) is 5.91 Å². The quantitative estimate of drug-likeness (QED) is 0.811. The summed E-state index contributed by atoms with van der Waals surface area (Å²) in [5.41, 5.74) is 2.99. The van der Waals surface area contributed by atoms with Crippen LogP contribution < -0.4 is 10.1 Å². The lowest BCUT2D eigenvalue weighted by Crippen LogP contribution is -2.13. The van der Waals surface area contributed by atoms with E-state index in [1.165, 1.54) is 0 Å². The fourth-order valence-electron chi connectivity index (χ4n) is 2.60. The number of rotatable bonds is 6. The van der Waals surface area contributed by atoms with Crippen LogP contribution in [0.25, 0.3) is 11.1 Å². The van der Waals surface area contributed by atoms with Crippen LogP contribution in [-0.2, 0) is 9.53 Å². The summed E-state index contributed by atoms with van der Waals surface area (Å²) >= 11 is 0. The standard InChI is InChI=1S/C20H21NO4/c1-3-25-20(23)15-8-4-13(5-9-15)17-12-16(10-11-18(17)24-2)21-19(22)14-6-7-14/h4-5,8-12,14H,3,6-7H2,1-2H3,(H,21,22). The molecule has 0 heterocycles. The molecule has 1 aliphatic carbocycles. The van der Waals surface area contributed by atoms with Gasteiger partial charge in [-0.2, -0.15) is 0 Å². The minimum Gasteiger partial charge on any atom is -0.496 e. The number of esters is 1. The zero-order valence-electron chi connectivity index (χ0n) is 14.4. The Kier molecular flexibility index (Phi) is 5.03. The molecule has 0 saturated heterocycles. The predicted molar refractivity (Wildman–Crippen MR) is 95.7 cm³/mol. The fraction of sp³-hybridized carbons (Fsp3) is 0.300. The molecular weight excluding hydrogens is 318 g/mol. The third-order valence-electron chi connectivity index (χ3n) is 4.12. The van der Waals surface area contributed by atoms with Crippen LogP contribution in [0.2, 0.25) is 0 Å². The van der Waals surface area contributed by atoms with Crippen LogP contribution in [0.3, 0.4) is 0 Å². The van der Waals surface area contributed by atoms with E-state index < -0.39 is 0 Å². The van der Waals surface area contributed by atoms with Crippen LogP contribution >= 0.6 is 0 Å². The second kappa shape index (κ2) is 7.38. The Bertz CT molecular complexity index is 779. The van der Waals surface area contributed by atoms with Crippen molar-refractivity contribution in [3.63, 3.8) is 0 Å². The molecule has 1 saturated carbocycles. The lowest BCUT2D eigenvalue weighted by molar-refractivity contribution is -0.117. The van der Waals surface area contributed by atoms with Gasteiger partial charge in [-0.05, 0) is 55.7 Å². The van der Waals surface area contributed by atoms with Gasteiger partial charge >= 0.3 is 5.97 Å². The molecule has 0 aromatic heterocycles. The van der Waals surface area contributed by atoms with Gasteiger partial charge < -0.3 is 14.8 Å². The number of hydrogen-bond donors (Lipinski definition) is 1. The highest BCUT2D eigenvalue weighted by molar-refractivity contribution is 5.95. The Balaban J connectivity index is 1.86. The molecule has 1 fully saturated rings. The molecule has 1 aliphatic rings. The number of amides is 1. The lowest BCUT2D eigenvalue weighted by Gasteiger charge is -2.12. The summed E-state index contributed by atoms with van der Waals surface area (Å²) in [5.74, 6) is 0.572. The van der Waals surface area contributed by atoms with Crippen molar-refractivity contribution in [1.82, 2.24) is 0 Å². The molecule has 5 nitrogen and oxygen atoms in total. The monoisotopic (exact) mass is 339 g/mol. The summed E-state index contributed by atoms with van der Waals surface area (Å²) in [4.78, 5) is 23.7. The van der Waals surface area contributed by atoms with Crippen molar-refractivity contribution in [3.05, 3.63) is 48.0 Å². The van der Waals surface area contributed by atoms with Crippen molar-refractivity contribution in [2.75, 3.05) is 19.0 Å². The number of benzene rings is 2. The number of hydrogen-bond acceptors (Lipinski definition) is 4. The van der Waals surface area contributed by atoms with Gasteiger partial charge in [0, 0.05) is 17.2 Å². The van der Waals surface area contributed by atoms with Crippen LogP contribution in [0.5, 0.6) is 5.75 Å². The molecule has 2 aromatic rings. The molecule has 1 N–H and O–H groups in total. The van der Waals surface area contributed by atoms with Gasteiger partial charge in [-0.15, -0.1) is 0 Å². The second-order valence-electron chi connectivity index (χ2n) is 5.98. The van der Waals surface area contributed by atoms with Crippen LogP contribution in [0.15, 0.2) is 42.5 Å². The van der Waals surface area contributed by atoms with Gasteiger partial charge in [0.05, 0.1) is 19.3 Å². The maximum absolute atomic E-state index is 12.0. The van der Waals surface area contributed by atoms with E-state index in [1.54, 1.807) is 26.2 Å². The first-order valence-electron chi connectivity index (χ1n) is 8.39. The summed E-state index contributed by atoms with van der Waals surface area (Å²) in [6.07, 6.45) is 1.92. The number of ether oxygens (including phenoxy) is 2. The molecule has 130 valence electrons. The molecule has 5 heteroatoms. The number of carbonyl (C=O) groups excluding carboxylic acids is 2. The summed E-state index contributed by atoms with van der Waals surface area (Å²) in [5, 5.41) is 2.94. The topological polar surface area (TPSA) is 64.6 Å². The van der Waals surface area contributed by atoms with Crippen molar-refractivity contribution in [1.29, 1.82) is 0 Å².